The van der Waals surface area contributed by atoms with Crippen LogP contribution in [-0.4, -0.2) is 57.7 Å². The average Bonchev–Trinajstić information content (AvgIpc) is 2.49. The fourth-order valence-electron chi connectivity index (χ4n) is 1.58. The minimum atomic E-state index is -0.181. The SMILES string of the molecule is COCCOCC(=O)NCc1ccc(C(=O)N(C)C)cc1. The maximum atomic E-state index is 11.7. The van der Waals surface area contributed by atoms with E-state index in [1.165, 1.54) is 4.90 Å². The van der Waals surface area contributed by atoms with Gasteiger partial charge < -0.3 is 19.7 Å². The van der Waals surface area contributed by atoms with Crippen molar-refractivity contribution in [1.29, 1.82) is 0 Å². The van der Waals surface area contributed by atoms with Crippen molar-refractivity contribution >= 4 is 11.8 Å². The number of hydrogen-bond acceptors (Lipinski definition) is 4. The quantitative estimate of drug-likeness (QED) is 0.716. The van der Waals surface area contributed by atoms with Gasteiger partial charge >= 0.3 is 0 Å². The van der Waals surface area contributed by atoms with Gasteiger partial charge in [0.25, 0.3) is 5.91 Å². The van der Waals surface area contributed by atoms with Gasteiger partial charge in [-0.05, 0) is 17.7 Å². The summed E-state index contributed by atoms with van der Waals surface area (Å²) < 4.78 is 9.93. The molecular formula is C15H22N2O4. The van der Waals surface area contributed by atoms with E-state index in [1.54, 1.807) is 33.3 Å². The highest BCUT2D eigenvalue weighted by Crippen LogP contribution is 2.06. The maximum absolute atomic E-state index is 11.7. The first kappa shape index (κ1) is 17.1. The molecule has 1 aromatic rings. The third kappa shape index (κ3) is 6.37. The molecule has 6 heteroatoms. The molecule has 0 spiro atoms. The molecule has 21 heavy (non-hydrogen) atoms. The number of hydrogen-bond donors (Lipinski definition) is 1. The van der Waals surface area contributed by atoms with Crippen LogP contribution in [0.1, 0.15) is 15.9 Å². The molecule has 0 atom stereocenters. The van der Waals surface area contributed by atoms with E-state index >= 15 is 0 Å². The van der Waals surface area contributed by atoms with Gasteiger partial charge in [-0.15, -0.1) is 0 Å². The molecule has 0 fully saturated rings. The molecule has 1 aromatic carbocycles. The van der Waals surface area contributed by atoms with E-state index in [9.17, 15) is 9.59 Å². The Hall–Kier alpha value is -1.92. The van der Waals surface area contributed by atoms with Gasteiger partial charge in [-0.3, -0.25) is 9.59 Å². The first-order chi connectivity index (χ1) is 10.0. The molecule has 0 heterocycles. The third-order valence-electron chi connectivity index (χ3n) is 2.76. The smallest absolute Gasteiger partial charge is 0.253 e. The number of benzene rings is 1. The first-order valence-corrected chi connectivity index (χ1v) is 6.68. The summed E-state index contributed by atoms with van der Waals surface area (Å²) in [5, 5.41) is 2.75. The van der Waals surface area contributed by atoms with Gasteiger partial charge in [0.2, 0.25) is 5.91 Å². The molecule has 1 rings (SSSR count). The molecule has 0 saturated heterocycles. The molecule has 0 aliphatic carbocycles. The van der Waals surface area contributed by atoms with Crippen molar-refractivity contribution in [2.24, 2.45) is 0 Å². The number of carbonyl (C=O) groups excluding carboxylic acids is 2. The van der Waals surface area contributed by atoms with Crippen molar-refractivity contribution in [2.75, 3.05) is 41.0 Å². The third-order valence-corrected chi connectivity index (χ3v) is 2.76. The summed E-state index contributed by atoms with van der Waals surface area (Å²) in [5.74, 6) is -0.225. The van der Waals surface area contributed by atoms with Crippen LogP contribution < -0.4 is 5.32 Å². The zero-order valence-electron chi connectivity index (χ0n) is 12.7. The van der Waals surface area contributed by atoms with E-state index in [0.717, 1.165) is 5.56 Å². The number of nitrogens with zero attached hydrogens (tertiary/aromatic N) is 1. The number of carbonyl (C=O) groups is 2. The highest BCUT2D eigenvalue weighted by atomic mass is 16.5. The Morgan fingerprint density at radius 2 is 1.81 bits per heavy atom. The Morgan fingerprint density at radius 1 is 1.14 bits per heavy atom. The Bertz CT molecular complexity index is 457. The number of rotatable bonds is 8. The molecule has 1 N–H and O–H groups in total. The molecular weight excluding hydrogens is 272 g/mol. The van der Waals surface area contributed by atoms with Crippen LogP contribution in [0.4, 0.5) is 0 Å². The molecule has 0 aromatic heterocycles. The largest absolute Gasteiger partial charge is 0.382 e. The summed E-state index contributed by atoms with van der Waals surface area (Å²) in [5.41, 5.74) is 1.55. The Balaban J connectivity index is 2.35. The lowest BCUT2D eigenvalue weighted by Gasteiger charge is -2.11. The second-order valence-electron chi connectivity index (χ2n) is 4.72. The molecule has 2 amide bonds. The standard InChI is InChI=1S/C15H22N2O4/c1-17(2)15(19)13-6-4-12(5-7-13)10-16-14(18)11-21-9-8-20-3/h4-7H,8-11H2,1-3H3,(H,16,18). The lowest BCUT2D eigenvalue weighted by Crippen LogP contribution is -2.27. The van der Waals surface area contributed by atoms with Gasteiger partial charge in [0.1, 0.15) is 6.61 Å². The van der Waals surface area contributed by atoms with E-state index in [4.69, 9.17) is 9.47 Å². The first-order valence-electron chi connectivity index (χ1n) is 6.68. The fourth-order valence-corrected chi connectivity index (χ4v) is 1.58. The molecule has 0 aliphatic heterocycles. The summed E-state index contributed by atoms with van der Waals surface area (Å²) in [7, 11) is 4.99. The Kier molecular flexibility index (Phi) is 7.42. The van der Waals surface area contributed by atoms with Gasteiger partial charge in [-0.2, -0.15) is 0 Å². The van der Waals surface area contributed by atoms with Gasteiger partial charge in [-0.25, -0.2) is 0 Å². The average molecular weight is 294 g/mol. The second kappa shape index (κ2) is 9.10. The van der Waals surface area contributed by atoms with Crippen molar-refractivity contribution in [3.8, 4) is 0 Å². The summed E-state index contributed by atoms with van der Waals surface area (Å²) in [6.45, 7) is 1.28. The van der Waals surface area contributed by atoms with Crippen LogP contribution in [0, 0.1) is 0 Å². The van der Waals surface area contributed by atoms with Crippen molar-refractivity contribution < 1.29 is 19.1 Å². The number of amides is 2. The zero-order chi connectivity index (χ0) is 15.7. The fraction of sp³-hybridized carbons (Fsp3) is 0.467. The Morgan fingerprint density at radius 3 is 2.38 bits per heavy atom. The minimum absolute atomic E-state index is 0.0144. The van der Waals surface area contributed by atoms with Gasteiger partial charge in [-0.1, -0.05) is 12.1 Å². The van der Waals surface area contributed by atoms with Crippen LogP contribution in [0.3, 0.4) is 0 Å². The molecule has 0 bridgehead atoms. The van der Waals surface area contributed by atoms with E-state index in [2.05, 4.69) is 5.32 Å². The molecule has 0 radical (unpaired) electrons. The summed E-state index contributed by atoms with van der Waals surface area (Å²) >= 11 is 0. The van der Waals surface area contributed by atoms with E-state index < -0.39 is 0 Å². The summed E-state index contributed by atoms with van der Waals surface area (Å²) in [6.07, 6.45) is 0. The lowest BCUT2D eigenvalue weighted by molar-refractivity contribution is -0.126. The normalized spacial score (nSPS) is 10.2. The van der Waals surface area contributed by atoms with E-state index in [-0.39, 0.29) is 18.4 Å². The number of nitrogens with one attached hydrogen (secondary N) is 1. The second-order valence-corrected chi connectivity index (χ2v) is 4.72. The Labute approximate surface area is 125 Å². The number of ether oxygens (including phenoxy) is 2. The highest BCUT2D eigenvalue weighted by Gasteiger charge is 2.07. The summed E-state index contributed by atoms with van der Waals surface area (Å²) in [6, 6.07) is 7.14. The van der Waals surface area contributed by atoms with Crippen molar-refractivity contribution in [2.45, 2.75) is 6.54 Å². The predicted octanol–water partition coefficient (Wildman–Crippen LogP) is 0.668. The zero-order valence-corrected chi connectivity index (χ0v) is 12.7. The van der Waals surface area contributed by atoms with Gasteiger partial charge in [0.15, 0.2) is 0 Å². The van der Waals surface area contributed by atoms with E-state index in [1.807, 2.05) is 12.1 Å². The van der Waals surface area contributed by atoms with Crippen LogP contribution in [0.25, 0.3) is 0 Å². The van der Waals surface area contributed by atoms with Crippen molar-refractivity contribution in [3.05, 3.63) is 35.4 Å². The van der Waals surface area contributed by atoms with Crippen molar-refractivity contribution in [3.63, 3.8) is 0 Å². The van der Waals surface area contributed by atoms with Crippen molar-refractivity contribution in [1.82, 2.24) is 10.2 Å². The van der Waals surface area contributed by atoms with Crippen LogP contribution >= 0.6 is 0 Å². The molecule has 0 aliphatic rings. The summed E-state index contributed by atoms with van der Waals surface area (Å²) in [4.78, 5) is 24.8. The number of methoxy groups -OCH3 is 1. The minimum Gasteiger partial charge on any atom is -0.382 e. The van der Waals surface area contributed by atoms with Crippen LogP contribution in [0.5, 0.6) is 0 Å². The van der Waals surface area contributed by atoms with Gasteiger partial charge in [0, 0.05) is 33.3 Å². The maximum Gasteiger partial charge on any atom is 0.253 e. The van der Waals surface area contributed by atoms with Crippen LogP contribution in [0.15, 0.2) is 24.3 Å². The van der Waals surface area contributed by atoms with E-state index in [0.29, 0.717) is 25.3 Å². The molecule has 0 saturated carbocycles. The predicted molar refractivity (Wildman–Crippen MR) is 79.0 cm³/mol. The van der Waals surface area contributed by atoms with Gasteiger partial charge in [0.05, 0.1) is 13.2 Å². The van der Waals surface area contributed by atoms with Crippen LogP contribution in [0.2, 0.25) is 0 Å². The highest BCUT2D eigenvalue weighted by molar-refractivity contribution is 5.93. The monoisotopic (exact) mass is 294 g/mol. The molecule has 0 unspecified atom stereocenters. The molecule has 6 nitrogen and oxygen atoms in total. The topological polar surface area (TPSA) is 67.9 Å². The molecule has 116 valence electrons. The lowest BCUT2D eigenvalue weighted by atomic mass is 10.1. The van der Waals surface area contributed by atoms with Crippen LogP contribution in [-0.2, 0) is 20.8 Å².